The number of unbranched alkanes of at least 4 members (excludes halogenated alkanes) is 1. The lowest BCUT2D eigenvalue weighted by molar-refractivity contribution is -0.295. The van der Waals surface area contributed by atoms with Gasteiger partial charge in [-0.3, -0.25) is 28.8 Å². The predicted octanol–water partition coefficient (Wildman–Crippen LogP) is 12.1. The molecule has 115 heavy (non-hydrogen) atoms. The van der Waals surface area contributed by atoms with E-state index in [9.17, 15) is 48.3 Å². The Bertz CT molecular complexity index is 3970. The number of nitrogens with zero attached hydrogens (tertiary/aromatic N) is 6. The van der Waals surface area contributed by atoms with Crippen molar-refractivity contribution in [1.82, 2.24) is 29.4 Å². The molecule has 1 N–H and O–H groups in total. The number of aryl methyl sites for hydroxylation is 1. The molecule has 4 aromatic rings. The smallest absolute Gasteiger partial charge is 0.420 e. The molecule has 0 aliphatic carbocycles. The van der Waals surface area contributed by atoms with Gasteiger partial charge in [0.15, 0.2) is 47.2 Å². The van der Waals surface area contributed by atoms with E-state index in [1.807, 2.05) is 116 Å². The van der Waals surface area contributed by atoms with E-state index < -0.39 is 161 Å². The van der Waals surface area contributed by atoms with Crippen molar-refractivity contribution in [3.63, 3.8) is 0 Å². The maximum absolute atomic E-state index is 14.8. The number of hydrogen-bond donors (Lipinski definition) is 1. The summed E-state index contributed by atoms with van der Waals surface area (Å²) >= 11 is 0. The number of hydrogen-bond acceptors (Lipinski definition) is 26. The van der Waals surface area contributed by atoms with Crippen LogP contribution in [0.3, 0.4) is 0 Å². The van der Waals surface area contributed by atoms with Gasteiger partial charge in [-0.15, -0.1) is 0 Å². The second-order valence-electron chi connectivity index (χ2n) is 33.1. The third kappa shape index (κ3) is 21.0. The van der Waals surface area contributed by atoms with Crippen molar-refractivity contribution in [2.75, 3.05) is 49.0 Å². The summed E-state index contributed by atoms with van der Waals surface area (Å²) in [7, 11) is 10.5. The van der Waals surface area contributed by atoms with E-state index >= 15 is 0 Å². The van der Waals surface area contributed by atoms with Gasteiger partial charge in [0.25, 0.3) is 0 Å². The average molecular weight is 1610 g/mol. The number of benzene rings is 2. The number of likely N-dealkylation sites (N-methyl/N-ethyl adjacent to an activating group) is 2. The summed E-state index contributed by atoms with van der Waals surface area (Å²) in [5.74, 6) is -9.43. The maximum atomic E-state index is 14.8. The largest absolute Gasteiger partial charge is 0.457 e. The Morgan fingerprint density at radius 2 is 1.20 bits per heavy atom. The zero-order valence-electron chi connectivity index (χ0n) is 71.4. The number of carbonyl (C=O) groups is 9. The Hall–Kier alpha value is -7.93. The van der Waals surface area contributed by atoms with E-state index in [1.165, 1.54) is 46.8 Å². The molecule has 9 rings (SSSR count). The Labute approximate surface area is 677 Å². The van der Waals surface area contributed by atoms with Crippen LogP contribution in [0.15, 0.2) is 102 Å². The average Bonchev–Trinajstić information content (AvgIpc) is 1.59. The van der Waals surface area contributed by atoms with Crippen molar-refractivity contribution < 1.29 is 105 Å². The van der Waals surface area contributed by atoms with Crippen LogP contribution in [0, 0.1) is 41.4 Å². The highest BCUT2D eigenvalue weighted by molar-refractivity contribution is 6.01. The predicted molar refractivity (Wildman–Crippen MR) is 425 cm³/mol. The van der Waals surface area contributed by atoms with E-state index in [0.717, 1.165) is 21.6 Å². The summed E-state index contributed by atoms with van der Waals surface area (Å²) < 4.78 is 75.9. The highest BCUT2D eigenvalue weighted by Crippen LogP contribution is 2.46. The van der Waals surface area contributed by atoms with Gasteiger partial charge in [0.05, 0.1) is 53.3 Å². The van der Waals surface area contributed by atoms with Crippen LogP contribution in [-0.2, 0) is 87.3 Å². The molecule has 636 valence electrons. The minimum Gasteiger partial charge on any atom is -0.457 e. The number of aliphatic hydroxyl groups is 1. The molecule has 0 bridgehead atoms. The number of amides is 1. The normalized spacial score (nSPS) is 35.4. The fourth-order valence-corrected chi connectivity index (χ4v) is 17.7. The summed E-state index contributed by atoms with van der Waals surface area (Å²) in [5.41, 5.74) is -3.20. The van der Waals surface area contributed by atoms with E-state index in [-0.39, 0.29) is 86.5 Å². The Kier molecular flexibility index (Phi) is 32.2. The number of carbonyl (C=O) groups excluding carboxylic acids is 9. The number of ketones is 4. The highest BCUT2D eigenvalue weighted by Gasteiger charge is 2.62. The molecule has 28 heteroatoms. The van der Waals surface area contributed by atoms with Crippen LogP contribution < -0.4 is 0 Å². The second kappa shape index (κ2) is 40.0. The number of allylic oxidation sites excluding steroid dienone is 1. The first kappa shape index (κ1) is 92.6. The van der Waals surface area contributed by atoms with Crippen LogP contribution in [0.25, 0.3) is 11.3 Å². The molecule has 2 aromatic carbocycles. The van der Waals surface area contributed by atoms with Gasteiger partial charge in [-0.25, -0.2) is 23.9 Å². The van der Waals surface area contributed by atoms with Crippen LogP contribution >= 0.6 is 0 Å². The minimum atomic E-state index is -1.57. The first-order valence-electron chi connectivity index (χ1n) is 40.8. The summed E-state index contributed by atoms with van der Waals surface area (Å²) in [5, 5.41) is 15.7. The first-order valence-corrected chi connectivity index (χ1v) is 40.8. The van der Waals surface area contributed by atoms with Gasteiger partial charge in [0.1, 0.15) is 53.7 Å². The van der Waals surface area contributed by atoms with Crippen molar-refractivity contribution >= 4 is 53.2 Å². The van der Waals surface area contributed by atoms with Crippen molar-refractivity contribution in [3.8, 4) is 11.3 Å². The molecule has 5 aliphatic rings. The quantitative estimate of drug-likeness (QED) is 0.0350. The summed E-state index contributed by atoms with van der Waals surface area (Å²) in [6.07, 6.45) is -0.701. The van der Waals surface area contributed by atoms with Crippen molar-refractivity contribution in [3.05, 3.63) is 108 Å². The Morgan fingerprint density at radius 1 is 0.661 bits per heavy atom. The molecule has 4 saturated heterocycles. The molecule has 28 nitrogen and oxygen atoms in total. The molecule has 2 aromatic heterocycles. The van der Waals surface area contributed by atoms with Gasteiger partial charge in [0, 0.05) is 86.8 Å². The summed E-state index contributed by atoms with van der Waals surface area (Å²) in [6, 6.07) is 18.9. The Balaban J connectivity index is 0.000000288. The highest BCUT2D eigenvalue weighted by atomic mass is 16.7. The SMILES string of the molecule is CC[C@H]1OC(=O)[C@H](C)C(=O)[C@H](C)[C@@H](OC2O[C@H](C)C[C@H](N(C)C)[C@H]2O)[C@@](C)(OC)C[C@@H](C)C(=O)[C@H](C)[C@H]2N(CCCCc3cc(-c4ccccc4)no3)C(=O)O[C@]12CC.CC[C@H]1OC(=O)[C@H](C)C(=O)[C@H](C)[C@@H](OC2O[C@H](C)C[C@H](N(C)C)[C@H]2OC(=O)c2ccccc2)[C@@](C)(OC)C[C@@H](C)C(=O)/C(C)=C/[C@]1(CC)OC(=O)n1ccnc1. The lowest BCUT2D eigenvalue weighted by atomic mass is 9.72. The number of esters is 3. The molecular formula is C87H126N6O22. The minimum absolute atomic E-state index is 0.0770. The molecule has 0 radical (unpaired) electrons. The van der Waals surface area contributed by atoms with Crippen LogP contribution in [0.2, 0.25) is 0 Å². The van der Waals surface area contributed by atoms with Crippen LogP contribution in [0.1, 0.15) is 191 Å². The van der Waals surface area contributed by atoms with Crippen molar-refractivity contribution in [2.24, 2.45) is 41.4 Å². The number of methoxy groups -OCH3 is 2. The molecular weight excluding hydrogens is 1480 g/mol. The van der Waals surface area contributed by atoms with E-state index in [4.69, 9.17) is 56.6 Å². The van der Waals surface area contributed by atoms with Crippen LogP contribution in [-0.4, -0.2) is 239 Å². The van der Waals surface area contributed by atoms with E-state index in [2.05, 4.69) is 10.1 Å². The van der Waals surface area contributed by atoms with Crippen molar-refractivity contribution in [1.29, 1.82) is 0 Å². The molecule has 0 saturated carbocycles. The second-order valence-corrected chi connectivity index (χ2v) is 33.1. The molecule has 1 amide bonds. The van der Waals surface area contributed by atoms with Crippen LogP contribution in [0.5, 0.6) is 0 Å². The van der Waals surface area contributed by atoms with Gasteiger partial charge in [-0.05, 0) is 165 Å². The molecule has 24 atom stereocenters. The molecule has 5 aliphatic heterocycles. The van der Waals surface area contributed by atoms with Gasteiger partial charge in [0.2, 0.25) is 0 Å². The fraction of sp³-hybridized carbons (Fsp3) is 0.667. The lowest BCUT2D eigenvalue weighted by Gasteiger charge is -2.47. The van der Waals surface area contributed by atoms with Gasteiger partial charge >= 0.3 is 30.1 Å². The lowest BCUT2D eigenvalue weighted by Crippen LogP contribution is -2.61. The van der Waals surface area contributed by atoms with Gasteiger partial charge in [-0.2, -0.15) is 0 Å². The van der Waals surface area contributed by atoms with Gasteiger partial charge in [-0.1, -0.05) is 116 Å². The number of imidazole rings is 1. The van der Waals surface area contributed by atoms with E-state index in [1.54, 1.807) is 96.7 Å². The van der Waals surface area contributed by atoms with Crippen LogP contribution in [0.4, 0.5) is 9.59 Å². The molecule has 2 unspecified atom stereocenters. The third-order valence-corrected chi connectivity index (χ3v) is 24.5. The number of fused-ring (bicyclic) bond motifs is 1. The molecule has 7 heterocycles. The zero-order valence-corrected chi connectivity index (χ0v) is 71.4. The molecule has 0 spiro atoms. The number of ether oxygens (including phenoxy) is 11. The number of aliphatic hydroxyl groups excluding tert-OH is 1. The zero-order chi connectivity index (χ0) is 84.9. The number of rotatable bonds is 21. The molecule has 4 fully saturated rings. The summed E-state index contributed by atoms with van der Waals surface area (Å²) in [6.45, 7) is 28.1. The number of Topliss-reactive ketones (excluding diaryl/α,β-unsaturated/α-hetero) is 4. The van der Waals surface area contributed by atoms with Gasteiger partial charge < -0.3 is 76.4 Å². The van der Waals surface area contributed by atoms with E-state index in [0.29, 0.717) is 37.7 Å². The maximum Gasteiger partial charge on any atom is 0.420 e. The fourth-order valence-electron chi connectivity index (χ4n) is 17.7. The number of aromatic nitrogens is 3. The Morgan fingerprint density at radius 3 is 1.73 bits per heavy atom. The topological polar surface area (TPSA) is 329 Å². The number of cyclic esters (lactones) is 2. The van der Waals surface area contributed by atoms with Crippen molar-refractivity contribution in [2.45, 2.75) is 283 Å². The first-order chi connectivity index (χ1) is 54.3. The monoisotopic (exact) mass is 1610 g/mol. The standard InChI is InChI=1S/C45H67N3O11.C42H59N3O11/c1-12-35-45(13-2)39(48(43(53)58-45)22-18-17-21-32-24-33(46-59-32)31-19-15-14-16-20-31)28(5)36(49)26(3)25-44(8,54-11)40(29(6)37(50)30(7)41(52)56-35)57-42-38(51)34(47(9)10)23-27(4)55-42;1-12-32-42(13-2,56-40(50)45-20-19-43-24-45)23-26(4)33(46)25(3)22-41(8,51-11)36(28(6)34(47)29(7)37(48)53-32)55-39-35(31(44(9)10)21-27(5)52-39)54-38(49)30-17-15-14-16-18-30/h14-16,19-20,24,26-30,34-35,38-40,42,51H,12-13,17-18,21-23,25H2,1-11H3;14-20,23-25,27-29,31-32,35-36,39H,12-13,21-22H2,1-11H3/b;26-23+/t26-,27-,28+,29+,30-,34+,35-,38-,39-,40-,42?,44+,45-;25-,27-,28+,29-,31+,32-,35-,36-,39?,41+,42+/m11/s1. The third-order valence-electron chi connectivity index (χ3n) is 24.5. The summed E-state index contributed by atoms with van der Waals surface area (Å²) in [4.78, 5) is 136.